The summed E-state index contributed by atoms with van der Waals surface area (Å²) < 4.78 is 25.5. The lowest BCUT2D eigenvalue weighted by atomic mass is 9.82. The van der Waals surface area contributed by atoms with Crippen molar-refractivity contribution in [2.75, 3.05) is 19.7 Å². The number of benzene rings is 1. The van der Waals surface area contributed by atoms with Gasteiger partial charge in [-0.1, -0.05) is 18.5 Å². The first-order valence-electron chi connectivity index (χ1n) is 10.4. The van der Waals surface area contributed by atoms with Crippen molar-refractivity contribution >= 4 is 23.5 Å². The predicted molar refractivity (Wildman–Crippen MR) is 117 cm³/mol. The van der Waals surface area contributed by atoms with Crippen molar-refractivity contribution in [2.24, 2.45) is 10.8 Å². The SMILES string of the molecule is CC1(COc2cc(F)c(C(=O)OC(C)(C)C)cc2Cl)CCN(OC(=O)C(C)(C)C)CC1. The van der Waals surface area contributed by atoms with E-state index in [1.165, 1.54) is 6.07 Å². The van der Waals surface area contributed by atoms with Crippen molar-refractivity contribution < 1.29 is 28.3 Å². The van der Waals surface area contributed by atoms with E-state index in [0.717, 1.165) is 18.9 Å². The number of piperidine rings is 1. The number of halogens is 2. The number of carbonyl (C=O) groups is 2. The number of hydrogen-bond donors (Lipinski definition) is 0. The molecule has 1 aromatic rings. The second-order valence-corrected chi connectivity index (χ2v) is 10.8. The Hall–Kier alpha value is -1.86. The van der Waals surface area contributed by atoms with Gasteiger partial charge in [-0.05, 0) is 60.5 Å². The third-order valence-corrected chi connectivity index (χ3v) is 5.27. The number of hydroxylamine groups is 2. The lowest BCUT2D eigenvalue weighted by Gasteiger charge is -2.38. The number of hydrogen-bond acceptors (Lipinski definition) is 6. The Morgan fingerprint density at radius 3 is 2.23 bits per heavy atom. The van der Waals surface area contributed by atoms with Crippen LogP contribution in [0.5, 0.6) is 5.75 Å². The van der Waals surface area contributed by atoms with Gasteiger partial charge in [-0.25, -0.2) is 14.0 Å². The number of carbonyl (C=O) groups excluding carboxylic acids is 2. The molecule has 31 heavy (non-hydrogen) atoms. The van der Waals surface area contributed by atoms with Crippen LogP contribution in [-0.4, -0.2) is 42.3 Å². The fourth-order valence-corrected chi connectivity index (χ4v) is 3.11. The summed E-state index contributed by atoms with van der Waals surface area (Å²) >= 11 is 6.24. The monoisotopic (exact) mass is 457 g/mol. The average molecular weight is 458 g/mol. The Morgan fingerprint density at radius 1 is 1.13 bits per heavy atom. The van der Waals surface area contributed by atoms with Crippen molar-refractivity contribution in [3.63, 3.8) is 0 Å². The first kappa shape index (κ1) is 25.4. The quantitative estimate of drug-likeness (QED) is 0.550. The zero-order valence-corrected chi connectivity index (χ0v) is 20.2. The normalized spacial score (nSPS) is 17.2. The van der Waals surface area contributed by atoms with Gasteiger partial charge in [-0.2, -0.15) is 0 Å². The van der Waals surface area contributed by atoms with Gasteiger partial charge in [0.2, 0.25) is 0 Å². The van der Waals surface area contributed by atoms with Crippen LogP contribution in [-0.2, 0) is 14.4 Å². The molecule has 0 atom stereocenters. The van der Waals surface area contributed by atoms with Gasteiger partial charge in [0.1, 0.15) is 17.2 Å². The van der Waals surface area contributed by atoms with Crippen LogP contribution in [0.1, 0.15) is 71.7 Å². The standard InChI is InChI=1S/C23H33ClFNO5/c1-21(2,3)20(28)31-26-10-8-23(7,9-11-26)14-29-18-13-17(25)15(12-16(18)24)19(27)30-22(4,5)6/h12-13H,8-11,14H2,1-7H3. The largest absolute Gasteiger partial charge is 0.491 e. The van der Waals surface area contributed by atoms with Gasteiger partial charge in [-0.3, -0.25) is 0 Å². The van der Waals surface area contributed by atoms with E-state index in [-0.39, 0.29) is 27.7 Å². The topological polar surface area (TPSA) is 65.1 Å². The van der Waals surface area contributed by atoms with Gasteiger partial charge < -0.3 is 14.3 Å². The minimum Gasteiger partial charge on any atom is -0.491 e. The molecule has 0 spiro atoms. The second kappa shape index (κ2) is 9.33. The molecule has 1 aliphatic heterocycles. The van der Waals surface area contributed by atoms with E-state index in [0.29, 0.717) is 19.7 Å². The van der Waals surface area contributed by atoms with Gasteiger partial charge in [0.25, 0.3) is 0 Å². The molecule has 0 saturated carbocycles. The lowest BCUT2D eigenvalue weighted by molar-refractivity contribution is -0.209. The van der Waals surface area contributed by atoms with E-state index in [2.05, 4.69) is 6.92 Å². The molecule has 0 unspecified atom stereocenters. The molecular formula is C23H33ClFNO5. The molecule has 1 heterocycles. The van der Waals surface area contributed by atoms with Gasteiger partial charge in [-0.15, -0.1) is 5.06 Å². The molecule has 0 aliphatic carbocycles. The lowest BCUT2D eigenvalue weighted by Crippen LogP contribution is -2.43. The molecule has 1 aromatic carbocycles. The molecule has 174 valence electrons. The molecule has 2 rings (SSSR count). The van der Waals surface area contributed by atoms with E-state index < -0.39 is 22.8 Å². The minimum atomic E-state index is -0.775. The summed E-state index contributed by atoms with van der Waals surface area (Å²) in [5, 5.41) is 1.82. The summed E-state index contributed by atoms with van der Waals surface area (Å²) in [7, 11) is 0. The van der Waals surface area contributed by atoms with Crippen LogP contribution in [0.2, 0.25) is 5.02 Å². The highest BCUT2D eigenvalue weighted by Gasteiger charge is 2.34. The van der Waals surface area contributed by atoms with Gasteiger partial charge in [0, 0.05) is 24.6 Å². The van der Waals surface area contributed by atoms with E-state index in [4.69, 9.17) is 25.9 Å². The molecule has 0 amide bonds. The second-order valence-electron chi connectivity index (χ2n) is 10.4. The highest BCUT2D eigenvalue weighted by Crippen LogP contribution is 2.35. The molecule has 0 aromatic heterocycles. The van der Waals surface area contributed by atoms with E-state index in [9.17, 15) is 14.0 Å². The minimum absolute atomic E-state index is 0.141. The number of esters is 1. The van der Waals surface area contributed by atoms with Crippen LogP contribution in [0.3, 0.4) is 0 Å². The van der Waals surface area contributed by atoms with Crippen LogP contribution in [0.15, 0.2) is 12.1 Å². The van der Waals surface area contributed by atoms with Crippen LogP contribution in [0, 0.1) is 16.6 Å². The molecule has 1 saturated heterocycles. The summed E-state index contributed by atoms with van der Waals surface area (Å²) in [5.41, 5.74) is -1.72. The maximum Gasteiger partial charge on any atom is 0.341 e. The molecule has 6 nitrogen and oxygen atoms in total. The molecule has 1 aliphatic rings. The predicted octanol–water partition coefficient (Wildman–Crippen LogP) is 5.42. The summed E-state index contributed by atoms with van der Waals surface area (Å²) in [4.78, 5) is 29.7. The number of rotatable bonds is 5. The summed E-state index contributed by atoms with van der Waals surface area (Å²) in [6, 6.07) is 2.35. The Bertz CT molecular complexity index is 820. The van der Waals surface area contributed by atoms with Gasteiger partial charge >= 0.3 is 11.9 Å². The summed E-state index contributed by atoms with van der Waals surface area (Å²) in [5.74, 6) is -1.61. The third kappa shape index (κ3) is 7.35. The number of nitrogens with zero attached hydrogens (tertiary/aromatic N) is 1. The van der Waals surface area contributed by atoms with Crippen molar-refractivity contribution in [1.29, 1.82) is 0 Å². The maximum atomic E-state index is 14.5. The van der Waals surface area contributed by atoms with Gasteiger partial charge in [0.05, 0.1) is 22.6 Å². The van der Waals surface area contributed by atoms with Crippen LogP contribution in [0.25, 0.3) is 0 Å². The maximum absolute atomic E-state index is 14.5. The number of ether oxygens (including phenoxy) is 2. The Kier molecular flexibility index (Phi) is 7.64. The zero-order valence-electron chi connectivity index (χ0n) is 19.4. The molecule has 0 radical (unpaired) electrons. The van der Waals surface area contributed by atoms with E-state index in [1.54, 1.807) is 25.8 Å². The molecule has 0 bridgehead atoms. The highest BCUT2D eigenvalue weighted by molar-refractivity contribution is 6.32. The Morgan fingerprint density at radius 2 is 1.71 bits per heavy atom. The first-order chi connectivity index (χ1) is 14.1. The first-order valence-corrected chi connectivity index (χ1v) is 10.8. The molecule has 0 N–H and O–H groups in total. The van der Waals surface area contributed by atoms with Crippen molar-refractivity contribution in [3.8, 4) is 5.75 Å². The molecular weight excluding hydrogens is 425 g/mol. The fourth-order valence-electron chi connectivity index (χ4n) is 2.90. The summed E-state index contributed by atoms with van der Waals surface area (Å²) in [6.07, 6.45) is 1.47. The average Bonchev–Trinajstić information content (AvgIpc) is 2.62. The fraction of sp³-hybridized carbons (Fsp3) is 0.652. The Labute approximate surface area is 188 Å². The van der Waals surface area contributed by atoms with Gasteiger partial charge in [0.15, 0.2) is 0 Å². The van der Waals surface area contributed by atoms with Crippen LogP contribution in [0.4, 0.5) is 4.39 Å². The van der Waals surface area contributed by atoms with E-state index >= 15 is 0 Å². The smallest absolute Gasteiger partial charge is 0.341 e. The van der Waals surface area contributed by atoms with Crippen LogP contribution >= 0.6 is 11.6 Å². The van der Waals surface area contributed by atoms with Crippen molar-refractivity contribution in [3.05, 3.63) is 28.5 Å². The summed E-state index contributed by atoms with van der Waals surface area (Å²) in [6.45, 7) is 14.1. The molecule has 8 heteroatoms. The third-order valence-electron chi connectivity index (χ3n) is 4.97. The highest BCUT2D eigenvalue weighted by atomic mass is 35.5. The Balaban J connectivity index is 1.96. The van der Waals surface area contributed by atoms with E-state index in [1.807, 2.05) is 20.8 Å². The molecule has 1 fully saturated rings. The van der Waals surface area contributed by atoms with Crippen LogP contribution < -0.4 is 4.74 Å². The van der Waals surface area contributed by atoms with Crippen molar-refractivity contribution in [2.45, 2.75) is 66.9 Å². The van der Waals surface area contributed by atoms with Crippen molar-refractivity contribution in [1.82, 2.24) is 5.06 Å². The zero-order chi connectivity index (χ0) is 23.6.